The molecule has 0 aromatic carbocycles. The van der Waals surface area contributed by atoms with Crippen molar-refractivity contribution in [1.82, 2.24) is 30.6 Å². The lowest BCUT2D eigenvalue weighted by atomic mass is 10.2. The van der Waals surface area contributed by atoms with Gasteiger partial charge in [-0.25, -0.2) is 4.68 Å². The van der Waals surface area contributed by atoms with Crippen LogP contribution in [0.3, 0.4) is 0 Å². The van der Waals surface area contributed by atoms with E-state index in [2.05, 4.69) is 25.9 Å². The van der Waals surface area contributed by atoms with Crippen LogP contribution in [0.2, 0.25) is 0 Å². The van der Waals surface area contributed by atoms with Gasteiger partial charge in [0.1, 0.15) is 0 Å². The van der Waals surface area contributed by atoms with Gasteiger partial charge in [0.05, 0.1) is 25.1 Å². The SMILES string of the molecule is COc1ccc(-n2ncc(C(=O)NCCNC(=O)c3ccco3)c2C(F)(F)F)nn1. The number of hydrogen-bond donors (Lipinski definition) is 2. The van der Waals surface area contributed by atoms with Gasteiger partial charge in [-0.1, -0.05) is 0 Å². The molecule has 3 rings (SSSR count). The largest absolute Gasteiger partial charge is 0.480 e. The Balaban J connectivity index is 1.70. The van der Waals surface area contributed by atoms with Crippen molar-refractivity contribution in [1.29, 1.82) is 0 Å². The number of alkyl halides is 3. The number of nitrogens with one attached hydrogen (secondary N) is 2. The van der Waals surface area contributed by atoms with E-state index in [0.717, 1.165) is 6.20 Å². The van der Waals surface area contributed by atoms with E-state index in [1.165, 1.54) is 37.6 Å². The van der Waals surface area contributed by atoms with Crippen LogP contribution in [0.4, 0.5) is 13.2 Å². The molecule has 13 heteroatoms. The smallest absolute Gasteiger partial charge is 0.434 e. The Labute approximate surface area is 167 Å². The van der Waals surface area contributed by atoms with Gasteiger partial charge in [-0.2, -0.15) is 18.3 Å². The monoisotopic (exact) mass is 424 g/mol. The van der Waals surface area contributed by atoms with Gasteiger partial charge in [-0.15, -0.1) is 10.2 Å². The zero-order valence-corrected chi connectivity index (χ0v) is 15.4. The van der Waals surface area contributed by atoms with E-state index in [4.69, 9.17) is 9.15 Å². The number of carbonyl (C=O) groups excluding carboxylic acids is 2. The minimum atomic E-state index is -4.89. The molecule has 0 bridgehead atoms. The summed E-state index contributed by atoms with van der Waals surface area (Å²) in [7, 11) is 1.33. The average molecular weight is 424 g/mol. The Morgan fingerprint density at radius 3 is 2.43 bits per heavy atom. The van der Waals surface area contributed by atoms with Crippen LogP contribution in [0, 0.1) is 0 Å². The second-order valence-electron chi connectivity index (χ2n) is 5.74. The molecule has 2 N–H and O–H groups in total. The van der Waals surface area contributed by atoms with Crippen molar-refractivity contribution in [3.63, 3.8) is 0 Å². The molecule has 10 nitrogen and oxygen atoms in total. The number of halogens is 3. The molecule has 0 aliphatic rings. The highest BCUT2D eigenvalue weighted by Crippen LogP contribution is 2.33. The topological polar surface area (TPSA) is 124 Å². The molecule has 0 spiro atoms. The summed E-state index contributed by atoms with van der Waals surface area (Å²) in [6.07, 6.45) is -2.79. The fourth-order valence-corrected chi connectivity index (χ4v) is 2.44. The summed E-state index contributed by atoms with van der Waals surface area (Å²) in [6, 6.07) is 5.51. The third kappa shape index (κ3) is 4.56. The molecule has 30 heavy (non-hydrogen) atoms. The lowest BCUT2D eigenvalue weighted by Gasteiger charge is -2.12. The molecule has 0 atom stereocenters. The van der Waals surface area contributed by atoms with Crippen LogP contribution >= 0.6 is 0 Å². The minimum absolute atomic E-state index is 0.0231. The zero-order valence-electron chi connectivity index (χ0n) is 15.4. The van der Waals surface area contributed by atoms with Crippen molar-refractivity contribution in [2.75, 3.05) is 20.2 Å². The molecular weight excluding hydrogens is 409 g/mol. The summed E-state index contributed by atoms with van der Waals surface area (Å²) < 4.78 is 51.0. The van der Waals surface area contributed by atoms with Crippen molar-refractivity contribution in [2.24, 2.45) is 0 Å². The van der Waals surface area contributed by atoms with Crippen LogP contribution in [-0.2, 0) is 6.18 Å². The summed E-state index contributed by atoms with van der Waals surface area (Å²) in [5.41, 5.74) is -2.00. The predicted octanol–water partition coefficient (Wildman–Crippen LogP) is 1.44. The first kappa shape index (κ1) is 20.8. The average Bonchev–Trinajstić information content (AvgIpc) is 3.40. The van der Waals surface area contributed by atoms with E-state index in [-0.39, 0.29) is 30.5 Å². The first-order valence-electron chi connectivity index (χ1n) is 8.44. The molecule has 0 radical (unpaired) electrons. The summed E-state index contributed by atoms with van der Waals surface area (Å²) in [6.45, 7) is -0.138. The maximum absolute atomic E-state index is 13.6. The molecular formula is C17H15F3N6O4. The lowest BCUT2D eigenvalue weighted by molar-refractivity contribution is -0.143. The number of amides is 2. The molecule has 158 valence electrons. The second kappa shape index (κ2) is 8.63. The van der Waals surface area contributed by atoms with Crippen molar-refractivity contribution < 1.29 is 31.9 Å². The van der Waals surface area contributed by atoms with E-state index < -0.39 is 29.2 Å². The van der Waals surface area contributed by atoms with Gasteiger partial charge in [0, 0.05) is 19.2 Å². The first-order valence-corrected chi connectivity index (χ1v) is 8.44. The first-order chi connectivity index (χ1) is 14.3. The number of hydrogen-bond acceptors (Lipinski definition) is 7. The van der Waals surface area contributed by atoms with Gasteiger partial charge < -0.3 is 19.8 Å². The van der Waals surface area contributed by atoms with Crippen LogP contribution in [-0.4, -0.2) is 52.0 Å². The Morgan fingerprint density at radius 1 is 1.13 bits per heavy atom. The van der Waals surface area contributed by atoms with Crippen LogP contribution < -0.4 is 15.4 Å². The van der Waals surface area contributed by atoms with Crippen LogP contribution in [0.5, 0.6) is 5.88 Å². The van der Waals surface area contributed by atoms with E-state index in [0.29, 0.717) is 4.68 Å². The normalized spacial score (nSPS) is 11.2. The molecule has 0 unspecified atom stereocenters. The summed E-state index contributed by atoms with van der Waals surface area (Å²) >= 11 is 0. The molecule has 3 aromatic rings. The number of methoxy groups -OCH3 is 1. The van der Waals surface area contributed by atoms with E-state index in [1.54, 1.807) is 0 Å². The molecule has 2 amide bonds. The highest BCUT2D eigenvalue weighted by Gasteiger charge is 2.41. The number of furan rings is 1. The number of ether oxygens (including phenoxy) is 1. The number of nitrogens with zero attached hydrogens (tertiary/aromatic N) is 4. The molecule has 0 fully saturated rings. The second-order valence-corrected chi connectivity index (χ2v) is 5.74. The standard InChI is InChI=1S/C17H15F3N6O4/c1-29-13-5-4-12(24-25-13)26-14(17(18,19)20)10(9-23-26)15(27)21-6-7-22-16(28)11-3-2-8-30-11/h2-5,8-9H,6-7H2,1H3,(H,21,27)(H,22,28). The summed E-state index contributed by atoms with van der Waals surface area (Å²) in [5.74, 6) is -1.59. The Bertz CT molecular complexity index is 1020. The number of carbonyl (C=O) groups is 2. The highest BCUT2D eigenvalue weighted by atomic mass is 19.4. The van der Waals surface area contributed by atoms with Gasteiger partial charge in [-0.3, -0.25) is 9.59 Å². The van der Waals surface area contributed by atoms with E-state index in [9.17, 15) is 22.8 Å². The van der Waals surface area contributed by atoms with Crippen molar-refractivity contribution >= 4 is 11.8 Å². The van der Waals surface area contributed by atoms with Crippen molar-refractivity contribution in [2.45, 2.75) is 6.18 Å². The third-order valence-corrected chi connectivity index (χ3v) is 3.78. The molecule has 0 aliphatic heterocycles. The quantitative estimate of drug-likeness (QED) is 0.550. The molecule has 3 heterocycles. The van der Waals surface area contributed by atoms with Crippen molar-refractivity contribution in [3.8, 4) is 11.7 Å². The van der Waals surface area contributed by atoms with Crippen LogP contribution in [0.25, 0.3) is 5.82 Å². The van der Waals surface area contributed by atoms with Crippen LogP contribution in [0.15, 0.2) is 41.1 Å². The maximum atomic E-state index is 13.6. The van der Waals surface area contributed by atoms with Crippen LogP contribution in [0.1, 0.15) is 26.6 Å². The molecule has 0 saturated heterocycles. The Kier molecular flexibility index (Phi) is 5.99. The third-order valence-electron chi connectivity index (χ3n) is 3.78. The highest BCUT2D eigenvalue weighted by molar-refractivity contribution is 5.95. The maximum Gasteiger partial charge on any atom is 0.434 e. The van der Waals surface area contributed by atoms with Gasteiger partial charge in [0.2, 0.25) is 5.88 Å². The summed E-state index contributed by atoms with van der Waals surface area (Å²) in [5, 5.41) is 15.6. The molecule has 0 aliphatic carbocycles. The Morgan fingerprint density at radius 2 is 1.87 bits per heavy atom. The zero-order chi connectivity index (χ0) is 21.7. The van der Waals surface area contributed by atoms with Gasteiger partial charge in [0.25, 0.3) is 11.8 Å². The number of aromatic nitrogens is 4. The molecule has 0 saturated carbocycles. The van der Waals surface area contributed by atoms with Crippen molar-refractivity contribution in [3.05, 3.63) is 53.7 Å². The lowest BCUT2D eigenvalue weighted by Crippen LogP contribution is -2.35. The number of rotatable bonds is 7. The van der Waals surface area contributed by atoms with Gasteiger partial charge in [0.15, 0.2) is 17.3 Å². The van der Waals surface area contributed by atoms with E-state index >= 15 is 0 Å². The van der Waals surface area contributed by atoms with E-state index in [1.807, 2.05) is 0 Å². The predicted molar refractivity (Wildman–Crippen MR) is 94.1 cm³/mol. The summed E-state index contributed by atoms with van der Waals surface area (Å²) in [4.78, 5) is 24.0. The fraction of sp³-hybridized carbons (Fsp3) is 0.235. The van der Waals surface area contributed by atoms with Gasteiger partial charge in [-0.05, 0) is 18.2 Å². The molecule has 3 aromatic heterocycles. The van der Waals surface area contributed by atoms with Gasteiger partial charge >= 0.3 is 6.18 Å². The minimum Gasteiger partial charge on any atom is -0.480 e. The Hall–Kier alpha value is -3.90. The fourth-order valence-electron chi connectivity index (χ4n) is 2.44.